The minimum atomic E-state index is -0.556. The minimum Gasteiger partial charge on any atom is -0.387 e. The standard InChI is InChI=1S/C12H19ClN2O2/c1-8(2)15-12(10(13)6-14-15)11(16)5-9-3-4-17-7-9/h6,8-9,11,16H,3-5,7H2,1-2H3. The van der Waals surface area contributed by atoms with E-state index < -0.39 is 6.10 Å². The summed E-state index contributed by atoms with van der Waals surface area (Å²) in [6.07, 6.45) is 2.76. The third kappa shape index (κ3) is 2.81. The summed E-state index contributed by atoms with van der Waals surface area (Å²) >= 11 is 6.09. The summed E-state index contributed by atoms with van der Waals surface area (Å²) in [5.41, 5.74) is 0.730. The topological polar surface area (TPSA) is 47.3 Å². The van der Waals surface area contributed by atoms with Crippen molar-refractivity contribution in [2.24, 2.45) is 5.92 Å². The quantitative estimate of drug-likeness (QED) is 0.903. The lowest BCUT2D eigenvalue weighted by Crippen LogP contribution is -2.14. The fourth-order valence-corrected chi connectivity index (χ4v) is 2.53. The smallest absolute Gasteiger partial charge is 0.0975 e. The van der Waals surface area contributed by atoms with E-state index in [1.807, 2.05) is 13.8 Å². The third-order valence-corrected chi connectivity index (χ3v) is 3.46. The van der Waals surface area contributed by atoms with Crippen LogP contribution in [0, 0.1) is 5.92 Å². The molecule has 1 fully saturated rings. The van der Waals surface area contributed by atoms with Crippen molar-refractivity contribution < 1.29 is 9.84 Å². The van der Waals surface area contributed by atoms with Gasteiger partial charge in [0.15, 0.2) is 0 Å². The van der Waals surface area contributed by atoms with Crippen molar-refractivity contribution in [2.75, 3.05) is 13.2 Å². The SMILES string of the molecule is CC(C)n1ncc(Cl)c1C(O)CC1CCOC1. The van der Waals surface area contributed by atoms with Gasteiger partial charge in [0.25, 0.3) is 0 Å². The van der Waals surface area contributed by atoms with Crippen molar-refractivity contribution in [1.82, 2.24) is 9.78 Å². The molecule has 2 heterocycles. The van der Waals surface area contributed by atoms with Gasteiger partial charge in [-0.15, -0.1) is 0 Å². The van der Waals surface area contributed by atoms with E-state index in [2.05, 4.69) is 5.10 Å². The van der Waals surface area contributed by atoms with Gasteiger partial charge in [0.1, 0.15) is 0 Å². The lowest BCUT2D eigenvalue weighted by atomic mass is 9.99. The summed E-state index contributed by atoms with van der Waals surface area (Å²) < 4.78 is 7.11. The van der Waals surface area contributed by atoms with Gasteiger partial charge in [0.05, 0.1) is 23.0 Å². The molecule has 17 heavy (non-hydrogen) atoms. The van der Waals surface area contributed by atoms with Gasteiger partial charge in [-0.3, -0.25) is 4.68 Å². The number of halogens is 1. The highest BCUT2D eigenvalue weighted by atomic mass is 35.5. The molecule has 2 unspecified atom stereocenters. The van der Waals surface area contributed by atoms with Crippen molar-refractivity contribution in [3.8, 4) is 0 Å². The molecule has 1 aliphatic rings. The van der Waals surface area contributed by atoms with Crippen LogP contribution in [0.2, 0.25) is 5.02 Å². The van der Waals surface area contributed by atoms with Crippen molar-refractivity contribution in [3.05, 3.63) is 16.9 Å². The Labute approximate surface area is 107 Å². The van der Waals surface area contributed by atoms with E-state index in [0.29, 0.717) is 17.4 Å². The molecule has 1 aliphatic heterocycles. The molecule has 0 spiro atoms. The molecule has 0 amide bonds. The molecule has 0 radical (unpaired) electrons. The first-order valence-corrected chi connectivity index (χ1v) is 6.46. The maximum Gasteiger partial charge on any atom is 0.0975 e. The molecule has 0 aliphatic carbocycles. The van der Waals surface area contributed by atoms with Gasteiger partial charge in [-0.05, 0) is 32.6 Å². The second-order valence-electron chi connectivity index (χ2n) is 4.90. The van der Waals surface area contributed by atoms with E-state index in [9.17, 15) is 5.11 Å². The number of rotatable bonds is 4. The number of ether oxygens (including phenoxy) is 1. The van der Waals surface area contributed by atoms with Crippen LogP contribution in [-0.4, -0.2) is 28.1 Å². The van der Waals surface area contributed by atoms with Crippen molar-refractivity contribution in [2.45, 2.75) is 38.8 Å². The average molecular weight is 259 g/mol. The highest BCUT2D eigenvalue weighted by Crippen LogP contribution is 2.31. The molecule has 1 aromatic rings. The van der Waals surface area contributed by atoms with Crippen LogP contribution in [0.25, 0.3) is 0 Å². The molecule has 0 bridgehead atoms. The predicted molar refractivity (Wildman–Crippen MR) is 66.1 cm³/mol. The van der Waals surface area contributed by atoms with Crippen LogP contribution < -0.4 is 0 Å². The molecule has 96 valence electrons. The summed E-state index contributed by atoms with van der Waals surface area (Å²) in [6.45, 7) is 5.59. The molecular formula is C12H19ClN2O2. The fraction of sp³-hybridized carbons (Fsp3) is 0.750. The second-order valence-corrected chi connectivity index (χ2v) is 5.30. The van der Waals surface area contributed by atoms with Gasteiger partial charge in [-0.1, -0.05) is 11.6 Å². The monoisotopic (exact) mass is 258 g/mol. The van der Waals surface area contributed by atoms with Gasteiger partial charge in [-0.25, -0.2) is 0 Å². The average Bonchev–Trinajstić information content (AvgIpc) is 2.86. The molecule has 0 aromatic carbocycles. The zero-order valence-electron chi connectivity index (χ0n) is 10.3. The maximum absolute atomic E-state index is 10.3. The Hall–Kier alpha value is -0.580. The summed E-state index contributed by atoms with van der Waals surface area (Å²) in [4.78, 5) is 0. The summed E-state index contributed by atoms with van der Waals surface area (Å²) in [5.74, 6) is 0.427. The first kappa shape index (κ1) is 12.9. The Morgan fingerprint density at radius 2 is 2.41 bits per heavy atom. The molecule has 2 rings (SSSR count). The molecule has 1 N–H and O–H groups in total. The van der Waals surface area contributed by atoms with Crippen molar-refractivity contribution >= 4 is 11.6 Å². The summed E-state index contributed by atoms with van der Waals surface area (Å²) in [7, 11) is 0. The highest BCUT2D eigenvalue weighted by molar-refractivity contribution is 6.31. The van der Waals surface area contributed by atoms with Crippen LogP contribution >= 0.6 is 11.6 Å². The molecule has 1 saturated heterocycles. The zero-order chi connectivity index (χ0) is 12.4. The van der Waals surface area contributed by atoms with E-state index in [-0.39, 0.29) is 6.04 Å². The van der Waals surface area contributed by atoms with Crippen molar-refractivity contribution in [3.63, 3.8) is 0 Å². The molecule has 1 aromatic heterocycles. The van der Waals surface area contributed by atoms with E-state index in [1.54, 1.807) is 10.9 Å². The van der Waals surface area contributed by atoms with Gasteiger partial charge < -0.3 is 9.84 Å². The van der Waals surface area contributed by atoms with Crippen LogP contribution in [0.4, 0.5) is 0 Å². The first-order chi connectivity index (χ1) is 8.09. The van der Waals surface area contributed by atoms with Crippen LogP contribution in [0.15, 0.2) is 6.20 Å². The fourth-order valence-electron chi connectivity index (χ4n) is 2.27. The minimum absolute atomic E-state index is 0.201. The van der Waals surface area contributed by atoms with E-state index in [0.717, 1.165) is 25.3 Å². The van der Waals surface area contributed by atoms with Crippen molar-refractivity contribution in [1.29, 1.82) is 0 Å². The Morgan fingerprint density at radius 1 is 1.65 bits per heavy atom. The van der Waals surface area contributed by atoms with Crippen LogP contribution in [-0.2, 0) is 4.74 Å². The lowest BCUT2D eigenvalue weighted by molar-refractivity contribution is 0.121. The normalized spacial score (nSPS) is 22.3. The maximum atomic E-state index is 10.3. The Bertz CT molecular complexity index is 373. The van der Waals surface area contributed by atoms with Crippen LogP contribution in [0.1, 0.15) is 44.5 Å². The van der Waals surface area contributed by atoms with Gasteiger partial charge in [0.2, 0.25) is 0 Å². The second kappa shape index (κ2) is 5.38. The zero-order valence-corrected chi connectivity index (χ0v) is 11.0. The lowest BCUT2D eigenvalue weighted by Gasteiger charge is -2.18. The largest absolute Gasteiger partial charge is 0.387 e. The van der Waals surface area contributed by atoms with Gasteiger partial charge in [0, 0.05) is 19.3 Å². The van der Waals surface area contributed by atoms with E-state index in [4.69, 9.17) is 16.3 Å². The summed E-state index contributed by atoms with van der Waals surface area (Å²) in [5, 5.41) is 15.0. The molecule has 0 saturated carbocycles. The van der Waals surface area contributed by atoms with E-state index >= 15 is 0 Å². The molecule has 4 nitrogen and oxygen atoms in total. The number of aliphatic hydroxyl groups excluding tert-OH is 1. The molecule has 2 atom stereocenters. The number of hydrogen-bond acceptors (Lipinski definition) is 3. The third-order valence-electron chi connectivity index (χ3n) is 3.17. The number of aromatic nitrogens is 2. The van der Waals surface area contributed by atoms with Gasteiger partial charge >= 0.3 is 0 Å². The first-order valence-electron chi connectivity index (χ1n) is 6.08. The summed E-state index contributed by atoms with van der Waals surface area (Å²) in [6, 6.07) is 0.201. The Balaban J connectivity index is 2.11. The Kier molecular flexibility index (Phi) is 4.07. The van der Waals surface area contributed by atoms with Crippen LogP contribution in [0.5, 0.6) is 0 Å². The Morgan fingerprint density at radius 3 is 3.00 bits per heavy atom. The molecular weight excluding hydrogens is 240 g/mol. The predicted octanol–water partition coefficient (Wildman–Crippen LogP) is 2.58. The number of aliphatic hydroxyl groups is 1. The van der Waals surface area contributed by atoms with Crippen LogP contribution in [0.3, 0.4) is 0 Å². The highest BCUT2D eigenvalue weighted by Gasteiger charge is 2.25. The van der Waals surface area contributed by atoms with E-state index in [1.165, 1.54) is 0 Å². The molecule has 5 heteroatoms. The number of hydrogen-bond donors (Lipinski definition) is 1. The number of nitrogens with zero attached hydrogens (tertiary/aromatic N) is 2. The van der Waals surface area contributed by atoms with Gasteiger partial charge in [-0.2, -0.15) is 5.10 Å².